The van der Waals surface area contributed by atoms with Crippen LogP contribution in [0.15, 0.2) is 15.6 Å². The van der Waals surface area contributed by atoms with Gasteiger partial charge in [-0.3, -0.25) is 4.79 Å². The van der Waals surface area contributed by atoms with E-state index in [1.807, 2.05) is 4.90 Å². The van der Waals surface area contributed by atoms with Crippen LogP contribution in [0.5, 0.6) is 0 Å². The van der Waals surface area contributed by atoms with Crippen LogP contribution in [-0.2, 0) is 30.1 Å². The number of nitrogens with zero attached hydrogens (tertiary/aromatic N) is 6. The van der Waals surface area contributed by atoms with Gasteiger partial charge in [0.25, 0.3) is 5.89 Å². The largest absolute Gasteiger partial charge is 0.419 e. The fraction of sp³-hybridized carbons (Fsp3) is 0.571. The van der Waals surface area contributed by atoms with Crippen LogP contribution in [0, 0.1) is 6.92 Å². The number of thioether (sulfide) groups is 1. The van der Waals surface area contributed by atoms with E-state index in [9.17, 15) is 4.79 Å². The second-order valence-corrected chi connectivity index (χ2v) is 9.71. The Morgan fingerprint density at radius 1 is 1.16 bits per heavy atom. The quantitative estimate of drug-likeness (QED) is 0.458. The smallest absolute Gasteiger partial charge is 0.257 e. The van der Waals surface area contributed by atoms with E-state index in [2.05, 4.69) is 51.8 Å². The van der Waals surface area contributed by atoms with Gasteiger partial charge in [-0.1, -0.05) is 25.1 Å². The molecule has 1 aliphatic rings. The lowest BCUT2D eigenvalue weighted by atomic mass is 10.2. The van der Waals surface area contributed by atoms with Crippen molar-refractivity contribution in [3.63, 3.8) is 0 Å². The molecular formula is C21H28N6O2S2. The lowest BCUT2D eigenvalue weighted by molar-refractivity contribution is -0.131. The number of aromatic nitrogens is 5. The monoisotopic (exact) mass is 460 g/mol. The molecular weight excluding hydrogens is 432 g/mol. The average Bonchev–Trinajstić information content (AvgIpc) is 3.45. The Morgan fingerprint density at radius 3 is 2.81 bits per heavy atom. The molecule has 1 fully saturated rings. The van der Waals surface area contributed by atoms with Gasteiger partial charge in [0.2, 0.25) is 11.8 Å². The number of carbonyl (C=O) groups is 1. The zero-order valence-electron chi connectivity index (χ0n) is 18.3. The molecule has 4 rings (SSSR count). The minimum Gasteiger partial charge on any atom is -0.419 e. The lowest BCUT2D eigenvalue weighted by Crippen LogP contribution is -2.31. The Labute approximate surface area is 190 Å². The van der Waals surface area contributed by atoms with E-state index in [1.54, 1.807) is 11.3 Å². The molecule has 0 radical (unpaired) electrons. The van der Waals surface area contributed by atoms with Crippen molar-refractivity contribution in [2.24, 2.45) is 0 Å². The summed E-state index contributed by atoms with van der Waals surface area (Å²) >= 11 is 3.23. The van der Waals surface area contributed by atoms with E-state index in [4.69, 9.17) is 4.42 Å². The summed E-state index contributed by atoms with van der Waals surface area (Å²) in [6.07, 6.45) is 4.78. The highest BCUT2D eigenvalue weighted by atomic mass is 32.2. The van der Waals surface area contributed by atoms with E-state index in [0.29, 0.717) is 30.5 Å². The first kappa shape index (κ1) is 22.0. The van der Waals surface area contributed by atoms with Crippen LogP contribution < -0.4 is 0 Å². The first-order chi connectivity index (χ1) is 15.1. The molecule has 0 aliphatic carbocycles. The van der Waals surface area contributed by atoms with Crippen molar-refractivity contribution in [2.75, 3.05) is 6.54 Å². The molecule has 1 saturated heterocycles. The number of hydrogen-bond acceptors (Lipinski definition) is 8. The fourth-order valence-corrected chi connectivity index (χ4v) is 5.64. The van der Waals surface area contributed by atoms with Crippen LogP contribution in [-0.4, -0.2) is 42.3 Å². The van der Waals surface area contributed by atoms with Crippen LogP contribution in [0.3, 0.4) is 0 Å². The number of rotatable bonds is 8. The SMILES string of the molecule is CCc1sc(-c2nnc(CSc3nnc(CN4CCCCCC4=O)n3CC)o2)cc1C. The van der Waals surface area contributed by atoms with Gasteiger partial charge in [-0.2, -0.15) is 0 Å². The van der Waals surface area contributed by atoms with Crippen molar-refractivity contribution in [1.29, 1.82) is 0 Å². The molecule has 166 valence electrons. The summed E-state index contributed by atoms with van der Waals surface area (Å²) in [5.74, 6) is 2.71. The van der Waals surface area contributed by atoms with E-state index in [0.717, 1.165) is 54.6 Å². The predicted octanol–water partition coefficient (Wildman–Crippen LogP) is 4.48. The zero-order chi connectivity index (χ0) is 21.8. The Bertz CT molecular complexity index is 1040. The maximum atomic E-state index is 12.3. The molecule has 0 unspecified atom stereocenters. The molecule has 3 aromatic heterocycles. The molecule has 1 aliphatic heterocycles. The van der Waals surface area contributed by atoms with Crippen molar-refractivity contribution in [1.82, 2.24) is 29.9 Å². The minimum atomic E-state index is 0.214. The molecule has 8 nitrogen and oxygen atoms in total. The Kier molecular flexibility index (Phi) is 7.06. The van der Waals surface area contributed by atoms with E-state index >= 15 is 0 Å². The summed E-state index contributed by atoms with van der Waals surface area (Å²) < 4.78 is 7.96. The number of thiophene rings is 1. The van der Waals surface area contributed by atoms with Crippen LogP contribution in [0.2, 0.25) is 0 Å². The van der Waals surface area contributed by atoms with Gasteiger partial charge in [0.05, 0.1) is 17.2 Å². The fourth-order valence-electron chi connectivity index (χ4n) is 3.75. The number of hydrogen-bond donors (Lipinski definition) is 0. The topological polar surface area (TPSA) is 89.9 Å². The minimum absolute atomic E-state index is 0.214. The summed E-state index contributed by atoms with van der Waals surface area (Å²) in [5.41, 5.74) is 1.27. The molecule has 0 saturated carbocycles. The Balaban J connectivity index is 1.42. The van der Waals surface area contributed by atoms with Gasteiger partial charge in [0.1, 0.15) is 0 Å². The summed E-state index contributed by atoms with van der Waals surface area (Å²) in [7, 11) is 0. The van der Waals surface area contributed by atoms with E-state index < -0.39 is 0 Å². The molecule has 10 heteroatoms. The van der Waals surface area contributed by atoms with Crippen LogP contribution in [0.25, 0.3) is 10.8 Å². The predicted molar refractivity (Wildman–Crippen MR) is 121 cm³/mol. The number of aryl methyl sites for hydroxylation is 2. The highest BCUT2D eigenvalue weighted by Crippen LogP contribution is 2.31. The third-order valence-electron chi connectivity index (χ3n) is 5.46. The molecule has 0 spiro atoms. The third-order valence-corrected chi connectivity index (χ3v) is 7.78. The van der Waals surface area contributed by atoms with E-state index in [-0.39, 0.29) is 5.91 Å². The van der Waals surface area contributed by atoms with Crippen LogP contribution in [0.4, 0.5) is 0 Å². The molecule has 4 heterocycles. The molecule has 1 amide bonds. The Hall–Kier alpha value is -2.20. The second-order valence-electron chi connectivity index (χ2n) is 7.63. The maximum absolute atomic E-state index is 12.3. The van der Waals surface area contributed by atoms with Crippen molar-refractivity contribution in [3.05, 3.63) is 28.2 Å². The molecule has 31 heavy (non-hydrogen) atoms. The first-order valence-electron chi connectivity index (χ1n) is 10.8. The van der Waals surface area contributed by atoms with Gasteiger partial charge in [-0.05, 0) is 44.7 Å². The average molecular weight is 461 g/mol. The van der Waals surface area contributed by atoms with Gasteiger partial charge in [0, 0.05) is 24.4 Å². The van der Waals surface area contributed by atoms with Crippen LogP contribution in [0.1, 0.15) is 61.7 Å². The van der Waals surface area contributed by atoms with Crippen molar-refractivity contribution in [3.8, 4) is 10.8 Å². The molecule has 0 aromatic carbocycles. The van der Waals surface area contributed by atoms with Crippen LogP contribution >= 0.6 is 23.1 Å². The van der Waals surface area contributed by atoms with Gasteiger partial charge < -0.3 is 13.9 Å². The number of amides is 1. The van der Waals surface area contributed by atoms with Gasteiger partial charge in [-0.25, -0.2) is 0 Å². The maximum Gasteiger partial charge on any atom is 0.257 e. The highest BCUT2D eigenvalue weighted by Gasteiger charge is 2.21. The standard InChI is InChI=1S/C21H28N6O2S2/c1-4-15-14(3)11-16(31-15)20-24-23-18(29-20)13-30-21-25-22-17(27(21)5-2)12-26-10-8-6-7-9-19(26)28/h11H,4-10,12-13H2,1-3H3. The van der Waals surface area contributed by atoms with Crippen molar-refractivity contribution >= 4 is 29.0 Å². The molecule has 0 N–H and O–H groups in total. The summed E-state index contributed by atoms with van der Waals surface area (Å²) in [5, 5.41) is 18.0. The van der Waals surface area contributed by atoms with Crippen molar-refractivity contribution in [2.45, 2.75) is 76.9 Å². The normalized spacial score (nSPS) is 14.9. The summed E-state index contributed by atoms with van der Waals surface area (Å²) in [6, 6.07) is 2.11. The number of likely N-dealkylation sites (tertiary alicyclic amines) is 1. The van der Waals surface area contributed by atoms with Gasteiger partial charge in [-0.15, -0.1) is 31.7 Å². The molecule has 3 aromatic rings. The summed E-state index contributed by atoms with van der Waals surface area (Å²) in [4.78, 5) is 16.6. The highest BCUT2D eigenvalue weighted by molar-refractivity contribution is 7.98. The third kappa shape index (κ3) is 5.01. The molecule has 0 atom stereocenters. The lowest BCUT2D eigenvalue weighted by Gasteiger charge is -2.20. The first-order valence-corrected chi connectivity index (χ1v) is 12.6. The number of carbonyl (C=O) groups excluding carboxylic acids is 1. The van der Waals surface area contributed by atoms with Gasteiger partial charge >= 0.3 is 0 Å². The zero-order valence-corrected chi connectivity index (χ0v) is 19.9. The second kappa shape index (κ2) is 9.95. The van der Waals surface area contributed by atoms with E-state index in [1.165, 1.54) is 22.2 Å². The Morgan fingerprint density at radius 2 is 2.03 bits per heavy atom. The summed E-state index contributed by atoms with van der Waals surface area (Å²) in [6.45, 7) is 8.39. The van der Waals surface area contributed by atoms with Gasteiger partial charge in [0.15, 0.2) is 11.0 Å². The van der Waals surface area contributed by atoms with Crippen molar-refractivity contribution < 1.29 is 9.21 Å². The molecule has 0 bridgehead atoms.